The van der Waals surface area contributed by atoms with Gasteiger partial charge in [-0.05, 0) is 70.6 Å². The minimum Gasteiger partial charge on any atom is -0.466 e. The molecule has 11 nitrogen and oxygen atoms in total. The van der Waals surface area contributed by atoms with Crippen LogP contribution in [0, 0.1) is 0 Å². The first-order chi connectivity index (χ1) is 49.2. The molecule has 100 heavy (non-hydrogen) atoms. The predicted molar refractivity (Wildman–Crippen MR) is 426 cm³/mol. The maximum Gasteiger partial charge on any atom is 0.305 e. The lowest BCUT2D eigenvalue weighted by Gasteiger charge is -2.40. The largest absolute Gasteiger partial charge is 0.466 e. The number of rotatable bonds is 80. The number of esters is 1. The molecule has 1 aliphatic heterocycles. The number of aliphatic hydroxyl groups excluding tert-OH is 5. The van der Waals surface area contributed by atoms with E-state index in [0.29, 0.717) is 19.4 Å². The Balaban J connectivity index is 1.87. The number of nitrogens with one attached hydrogen (secondary N) is 1. The van der Waals surface area contributed by atoms with Gasteiger partial charge in [-0.25, -0.2) is 0 Å². The zero-order valence-electron chi connectivity index (χ0n) is 66.2. The Morgan fingerprint density at radius 2 is 0.650 bits per heavy atom. The highest BCUT2D eigenvalue weighted by Gasteiger charge is 2.44. The van der Waals surface area contributed by atoms with E-state index >= 15 is 0 Å². The van der Waals surface area contributed by atoms with Crippen LogP contribution in [0.25, 0.3) is 0 Å². The Labute approximate surface area is 619 Å². The number of carbonyl (C=O) groups is 2. The SMILES string of the molecule is CCCCCCCCCC/C=C/CC/C=C/C(O)C(COC1OC(CO)C(O)C(O)C1O)NC(=O)CCCCCCCCCCCCCCCCCCC/C=C\CCCCCCCCCCCCCCCCCCCCOC(=O)CCCCCCCCCCCCCCCCCCCCC. The molecule has 1 rings (SSSR count). The van der Waals surface area contributed by atoms with Crippen molar-refractivity contribution in [2.24, 2.45) is 0 Å². The average molecular weight is 1410 g/mol. The summed E-state index contributed by atoms with van der Waals surface area (Å²) >= 11 is 0. The molecular formula is C89H169NO10. The normalized spacial score (nSPS) is 17.2. The molecule has 1 heterocycles. The molecule has 1 aliphatic rings. The smallest absolute Gasteiger partial charge is 0.305 e. The van der Waals surface area contributed by atoms with Crippen LogP contribution in [-0.4, -0.2) is 100 Å². The number of unbranched alkanes of at least 4 members (excludes halogenated alkanes) is 62. The van der Waals surface area contributed by atoms with Crippen LogP contribution < -0.4 is 5.32 Å². The second-order valence-corrected chi connectivity index (χ2v) is 30.9. The molecule has 0 radical (unpaired) electrons. The zero-order valence-corrected chi connectivity index (χ0v) is 66.2. The first kappa shape index (κ1) is 95.9. The van der Waals surface area contributed by atoms with Crippen molar-refractivity contribution in [1.82, 2.24) is 5.32 Å². The Kier molecular flexibility index (Phi) is 74.8. The molecule has 0 bridgehead atoms. The van der Waals surface area contributed by atoms with E-state index in [1.165, 1.54) is 379 Å². The highest BCUT2D eigenvalue weighted by molar-refractivity contribution is 5.76. The van der Waals surface area contributed by atoms with Gasteiger partial charge in [0.1, 0.15) is 24.4 Å². The lowest BCUT2D eigenvalue weighted by molar-refractivity contribution is -0.302. The van der Waals surface area contributed by atoms with Crippen molar-refractivity contribution < 1.29 is 49.3 Å². The summed E-state index contributed by atoms with van der Waals surface area (Å²) in [7, 11) is 0. The number of aliphatic hydroxyl groups is 5. The van der Waals surface area contributed by atoms with Gasteiger partial charge in [-0.1, -0.05) is 410 Å². The zero-order chi connectivity index (χ0) is 72.2. The maximum absolute atomic E-state index is 13.1. The van der Waals surface area contributed by atoms with Gasteiger partial charge in [-0.15, -0.1) is 0 Å². The summed E-state index contributed by atoms with van der Waals surface area (Å²) in [6.45, 7) is 4.40. The Morgan fingerprint density at radius 3 is 0.990 bits per heavy atom. The lowest BCUT2D eigenvalue weighted by Crippen LogP contribution is -2.60. The van der Waals surface area contributed by atoms with Crippen LogP contribution in [-0.2, 0) is 23.8 Å². The van der Waals surface area contributed by atoms with Crippen molar-refractivity contribution in [2.75, 3.05) is 19.8 Å². The predicted octanol–water partition coefficient (Wildman–Crippen LogP) is 24.8. The van der Waals surface area contributed by atoms with Crippen molar-refractivity contribution >= 4 is 11.9 Å². The van der Waals surface area contributed by atoms with E-state index in [9.17, 15) is 35.1 Å². The molecule has 0 saturated carbocycles. The molecule has 6 N–H and O–H groups in total. The van der Waals surface area contributed by atoms with Crippen molar-refractivity contribution in [3.05, 3.63) is 36.5 Å². The lowest BCUT2D eigenvalue weighted by atomic mass is 9.99. The Bertz CT molecular complexity index is 1760. The van der Waals surface area contributed by atoms with E-state index in [4.69, 9.17) is 14.2 Å². The Morgan fingerprint density at radius 1 is 0.360 bits per heavy atom. The average Bonchev–Trinajstić information content (AvgIpc) is 0.822. The number of carbonyl (C=O) groups excluding carboxylic acids is 2. The second-order valence-electron chi connectivity index (χ2n) is 30.9. The van der Waals surface area contributed by atoms with Gasteiger partial charge in [0, 0.05) is 12.8 Å². The molecule has 590 valence electrons. The van der Waals surface area contributed by atoms with Gasteiger partial charge in [0.25, 0.3) is 0 Å². The topological polar surface area (TPSA) is 175 Å². The van der Waals surface area contributed by atoms with Crippen LogP contribution in [0.2, 0.25) is 0 Å². The van der Waals surface area contributed by atoms with Gasteiger partial charge in [0.05, 0.1) is 32.0 Å². The maximum atomic E-state index is 13.1. The fraction of sp³-hybridized carbons (Fsp3) is 0.910. The summed E-state index contributed by atoms with van der Waals surface area (Å²) in [6.07, 6.45) is 93.6. The molecule has 0 aromatic heterocycles. The molecule has 0 aromatic rings. The van der Waals surface area contributed by atoms with Gasteiger partial charge in [-0.2, -0.15) is 0 Å². The third kappa shape index (κ3) is 65.4. The van der Waals surface area contributed by atoms with Gasteiger partial charge in [0.2, 0.25) is 5.91 Å². The molecule has 7 atom stereocenters. The summed E-state index contributed by atoms with van der Waals surface area (Å²) in [5, 5.41) is 54.6. The summed E-state index contributed by atoms with van der Waals surface area (Å²) in [5.41, 5.74) is 0. The molecule has 0 aliphatic carbocycles. The van der Waals surface area contributed by atoms with Crippen LogP contribution in [0.5, 0.6) is 0 Å². The van der Waals surface area contributed by atoms with Crippen LogP contribution in [0.15, 0.2) is 36.5 Å². The second kappa shape index (κ2) is 78.0. The van der Waals surface area contributed by atoms with Gasteiger partial charge >= 0.3 is 5.97 Å². The molecule has 11 heteroatoms. The number of amides is 1. The minimum absolute atomic E-state index is 0.0225. The van der Waals surface area contributed by atoms with E-state index in [1.54, 1.807) is 6.08 Å². The molecule has 1 saturated heterocycles. The first-order valence-corrected chi connectivity index (χ1v) is 44.3. The highest BCUT2D eigenvalue weighted by Crippen LogP contribution is 2.24. The number of hydrogen-bond acceptors (Lipinski definition) is 10. The third-order valence-electron chi connectivity index (χ3n) is 21.2. The van der Waals surface area contributed by atoms with Gasteiger partial charge in [0.15, 0.2) is 6.29 Å². The minimum atomic E-state index is -1.57. The van der Waals surface area contributed by atoms with Crippen molar-refractivity contribution in [1.29, 1.82) is 0 Å². The van der Waals surface area contributed by atoms with Crippen molar-refractivity contribution in [3.63, 3.8) is 0 Å². The number of hydrogen-bond donors (Lipinski definition) is 6. The van der Waals surface area contributed by atoms with E-state index in [-0.39, 0.29) is 18.5 Å². The van der Waals surface area contributed by atoms with Crippen LogP contribution in [0.3, 0.4) is 0 Å². The van der Waals surface area contributed by atoms with E-state index < -0.39 is 49.5 Å². The van der Waals surface area contributed by atoms with E-state index in [0.717, 1.165) is 51.4 Å². The monoisotopic (exact) mass is 1410 g/mol. The first-order valence-electron chi connectivity index (χ1n) is 44.3. The van der Waals surface area contributed by atoms with Gasteiger partial charge in [-0.3, -0.25) is 9.59 Å². The van der Waals surface area contributed by atoms with Gasteiger partial charge < -0.3 is 45.1 Å². The number of ether oxygens (including phenoxy) is 3. The Hall–Kier alpha value is -2.12. The van der Waals surface area contributed by atoms with E-state index in [1.807, 2.05) is 6.08 Å². The van der Waals surface area contributed by atoms with Crippen molar-refractivity contribution in [3.8, 4) is 0 Å². The summed E-state index contributed by atoms with van der Waals surface area (Å²) in [4.78, 5) is 25.3. The van der Waals surface area contributed by atoms with Crippen LogP contribution >= 0.6 is 0 Å². The molecular weight excluding hydrogens is 1240 g/mol. The molecule has 0 aromatic carbocycles. The molecule has 0 spiro atoms. The highest BCUT2D eigenvalue weighted by atomic mass is 16.7. The van der Waals surface area contributed by atoms with Crippen LogP contribution in [0.1, 0.15) is 457 Å². The summed E-state index contributed by atoms with van der Waals surface area (Å²) in [6, 6.07) is -0.825. The fourth-order valence-electron chi connectivity index (χ4n) is 14.3. The summed E-state index contributed by atoms with van der Waals surface area (Å²) < 4.78 is 16.8. The summed E-state index contributed by atoms with van der Waals surface area (Å²) in [5.74, 6) is -0.162. The fourth-order valence-corrected chi connectivity index (χ4v) is 14.3. The molecule has 7 unspecified atom stereocenters. The van der Waals surface area contributed by atoms with Crippen LogP contribution in [0.4, 0.5) is 0 Å². The van der Waals surface area contributed by atoms with E-state index in [2.05, 4.69) is 43.5 Å². The van der Waals surface area contributed by atoms with Crippen molar-refractivity contribution in [2.45, 2.75) is 500 Å². The molecule has 1 amide bonds. The number of allylic oxidation sites excluding steroid dienone is 5. The standard InChI is InChI=1S/C89H169NO10/c1-3-5-7-9-11-13-15-17-19-20-42-46-49-53-57-61-65-69-73-77-85(94)98-78-74-70-66-62-58-54-50-47-44-41-39-37-35-33-31-29-27-25-23-21-22-24-26-28-30-32-34-36-38-40-43-45-48-52-56-60-64-68-72-76-84(93)90-81(80-99-89-88(97)87(96)86(95)83(79-91)100-89)82(92)75-71-67-63-59-55-51-18-16-14-12-10-8-6-4-2/h21-22,55,59,71,75,81-83,86-89,91-92,95-97H,3-20,23-54,56-58,60-70,72-74,76-80H2,1-2H3,(H,90,93)/b22-21-,59-55+,75-71+. The quantitative estimate of drug-likeness (QED) is 0.0195. The molecule has 1 fully saturated rings. The third-order valence-corrected chi connectivity index (χ3v) is 21.2.